The molecular weight excluding hydrogens is 540 g/mol. The van der Waals surface area contributed by atoms with E-state index in [0.29, 0.717) is 38.1 Å². The molecule has 0 radical (unpaired) electrons. The SMILES string of the molecule is CC(C)(C)c1ccc(OC(=O)c2ccc3c4ccc([N+](=O)[O-])c5c([N+](=O)[O-])ccc(c6ccc(C(=O)O)c2c63)c54)cc1. The van der Waals surface area contributed by atoms with Crippen LogP contribution in [-0.2, 0) is 5.41 Å². The van der Waals surface area contributed by atoms with Gasteiger partial charge >= 0.3 is 11.9 Å². The van der Waals surface area contributed by atoms with E-state index in [1.165, 1.54) is 36.4 Å². The van der Waals surface area contributed by atoms with Crippen LogP contribution in [0.1, 0.15) is 47.1 Å². The number of rotatable bonds is 5. The smallest absolute Gasteiger partial charge is 0.344 e. The molecule has 6 rings (SSSR count). The molecule has 208 valence electrons. The van der Waals surface area contributed by atoms with Crippen LogP contribution in [0.4, 0.5) is 11.4 Å². The van der Waals surface area contributed by atoms with Crippen LogP contribution < -0.4 is 4.74 Å². The Kier molecular flexibility index (Phi) is 5.82. The summed E-state index contributed by atoms with van der Waals surface area (Å²) in [5.74, 6) is -1.72. The quantitative estimate of drug-likeness (QED) is 0.0559. The number of hydrogen-bond acceptors (Lipinski definition) is 7. The number of carbonyl (C=O) groups is 2. The van der Waals surface area contributed by atoms with Gasteiger partial charge < -0.3 is 9.84 Å². The highest BCUT2D eigenvalue weighted by atomic mass is 16.6. The summed E-state index contributed by atoms with van der Waals surface area (Å²) in [5, 5.41) is 36.5. The number of benzene rings is 6. The van der Waals surface area contributed by atoms with Gasteiger partial charge in [-0.1, -0.05) is 45.0 Å². The highest BCUT2D eigenvalue weighted by molar-refractivity contribution is 6.37. The fourth-order valence-corrected chi connectivity index (χ4v) is 5.69. The number of fused-ring (bicyclic) bond motifs is 2. The molecule has 10 heteroatoms. The molecule has 0 aliphatic carbocycles. The van der Waals surface area contributed by atoms with Gasteiger partial charge in [0.25, 0.3) is 11.4 Å². The summed E-state index contributed by atoms with van der Waals surface area (Å²) in [5.41, 5.74) is 0.00867. The van der Waals surface area contributed by atoms with Crippen molar-refractivity contribution in [3.05, 3.63) is 110 Å². The molecule has 42 heavy (non-hydrogen) atoms. The van der Waals surface area contributed by atoms with Crippen LogP contribution in [-0.4, -0.2) is 26.9 Å². The Labute approximate surface area is 237 Å². The second kappa shape index (κ2) is 9.20. The maximum absolute atomic E-state index is 13.5. The molecule has 0 spiro atoms. The number of ether oxygens (including phenoxy) is 1. The van der Waals surface area contributed by atoms with Gasteiger partial charge in [0.05, 0.1) is 21.0 Å². The largest absolute Gasteiger partial charge is 0.478 e. The third kappa shape index (κ3) is 3.95. The third-order valence-electron chi connectivity index (χ3n) is 7.63. The normalized spacial score (nSPS) is 11.9. The van der Waals surface area contributed by atoms with Crippen LogP contribution >= 0.6 is 0 Å². The molecule has 0 aromatic heterocycles. The highest BCUT2D eigenvalue weighted by Gasteiger charge is 2.29. The van der Waals surface area contributed by atoms with E-state index < -0.39 is 33.2 Å². The van der Waals surface area contributed by atoms with Crippen LogP contribution in [0.15, 0.2) is 72.8 Å². The van der Waals surface area contributed by atoms with E-state index in [0.717, 1.165) is 5.56 Å². The molecule has 0 heterocycles. The van der Waals surface area contributed by atoms with Crippen molar-refractivity contribution in [3.8, 4) is 5.75 Å². The van der Waals surface area contributed by atoms with E-state index in [1.54, 1.807) is 24.3 Å². The lowest BCUT2D eigenvalue weighted by Gasteiger charge is -2.19. The summed E-state index contributed by atoms with van der Waals surface area (Å²) in [6.45, 7) is 6.18. The van der Waals surface area contributed by atoms with Crippen LogP contribution in [0.5, 0.6) is 5.75 Å². The number of carboxylic acids is 1. The molecule has 0 bridgehead atoms. The number of nitro groups is 2. The van der Waals surface area contributed by atoms with Crippen molar-refractivity contribution in [1.29, 1.82) is 0 Å². The van der Waals surface area contributed by atoms with Gasteiger partial charge in [-0.15, -0.1) is 0 Å². The second-order valence-electron chi connectivity index (χ2n) is 11.1. The van der Waals surface area contributed by atoms with Crippen molar-refractivity contribution < 1.29 is 29.3 Å². The van der Waals surface area contributed by atoms with Gasteiger partial charge in [-0.3, -0.25) is 20.2 Å². The lowest BCUT2D eigenvalue weighted by molar-refractivity contribution is -0.390. The van der Waals surface area contributed by atoms with E-state index in [-0.39, 0.29) is 27.3 Å². The summed E-state index contributed by atoms with van der Waals surface area (Å²) in [6.07, 6.45) is 0. The molecule has 1 N–H and O–H groups in total. The number of hydrogen-bond donors (Lipinski definition) is 1. The third-order valence-corrected chi connectivity index (χ3v) is 7.63. The lowest BCUT2D eigenvalue weighted by atomic mass is 9.86. The molecule has 0 amide bonds. The summed E-state index contributed by atoms with van der Waals surface area (Å²) in [4.78, 5) is 48.3. The van der Waals surface area contributed by atoms with Crippen LogP contribution in [0.25, 0.3) is 43.1 Å². The Morgan fingerprint density at radius 2 is 1.10 bits per heavy atom. The first-order valence-electron chi connectivity index (χ1n) is 12.9. The van der Waals surface area contributed by atoms with Crippen LogP contribution in [0.3, 0.4) is 0 Å². The molecule has 0 aliphatic rings. The van der Waals surface area contributed by atoms with Crippen molar-refractivity contribution in [3.63, 3.8) is 0 Å². The summed E-state index contributed by atoms with van der Waals surface area (Å²) in [6, 6.07) is 18.4. The van der Waals surface area contributed by atoms with Gasteiger partial charge in [0, 0.05) is 22.9 Å². The molecule has 0 saturated heterocycles. The molecule has 6 aromatic carbocycles. The zero-order valence-electron chi connectivity index (χ0n) is 22.6. The van der Waals surface area contributed by atoms with Crippen LogP contribution in [0, 0.1) is 20.2 Å². The average molecular weight is 563 g/mol. The van der Waals surface area contributed by atoms with Gasteiger partial charge in [-0.2, -0.15) is 0 Å². The Morgan fingerprint density at radius 1 is 0.643 bits per heavy atom. The fourth-order valence-electron chi connectivity index (χ4n) is 5.69. The number of non-ortho nitro benzene ring substituents is 2. The van der Waals surface area contributed by atoms with E-state index >= 15 is 0 Å². The maximum atomic E-state index is 13.5. The van der Waals surface area contributed by atoms with Crippen molar-refractivity contribution in [2.45, 2.75) is 26.2 Å². The fraction of sp³-hybridized carbons (Fsp3) is 0.125. The Hall–Kier alpha value is -5.64. The minimum absolute atomic E-state index is 0.0245. The molecular formula is C32H22N2O8. The van der Waals surface area contributed by atoms with E-state index in [2.05, 4.69) is 20.8 Å². The van der Waals surface area contributed by atoms with Crippen molar-refractivity contribution in [1.82, 2.24) is 0 Å². The molecule has 0 atom stereocenters. The minimum atomic E-state index is -1.26. The molecule has 0 aliphatic heterocycles. The predicted octanol–water partition coefficient (Wildman–Crippen LogP) is 7.77. The van der Waals surface area contributed by atoms with Crippen molar-refractivity contribution in [2.75, 3.05) is 0 Å². The molecule has 10 nitrogen and oxygen atoms in total. The Balaban J connectivity index is 1.66. The Bertz CT molecular complexity index is 2080. The van der Waals surface area contributed by atoms with E-state index in [4.69, 9.17) is 4.74 Å². The standard InChI is InChI=1S/C32H22N2O8/c1-32(2,3)16-4-6-17(7-5-16)42-31(37)23-11-9-19-21-13-15-25(34(40)41)29-24(33(38)39)14-12-20(27(21)29)18-8-10-22(30(35)36)28(23)26(18)19/h4-15H,1-3H3,(H,35,36). The van der Waals surface area contributed by atoms with Crippen molar-refractivity contribution >= 4 is 66.4 Å². The molecule has 6 aromatic rings. The van der Waals surface area contributed by atoms with Gasteiger partial charge in [-0.05, 0) is 74.3 Å². The van der Waals surface area contributed by atoms with E-state index in [9.17, 15) is 34.9 Å². The van der Waals surface area contributed by atoms with Gasteiger partial charge in [0.2, 0.25) is 0 Å². The monoisotopic (exact) mass is 562 g/mol. The minimum Gasteiger partial charge on any atom is -0.478 e. The first kappa shape index (κ1) is 26.6. The van der Waals surface area contributed by atoms with E-state index in [1.807, 2.05) is 12.1 Å². The lowest BCUT2D eigenvalue weighted by Crippen LogP contribution is -2.13. The zero-order valence-corrected chi connectivity index (χ0v) is 22.6. The first-order valence-corrected chi connectivity index (χ1v) is 12.9. The molecule has 0 saturated carbocycles. The predicted molar refractivity (Wildman–Crippen MR) is 158 cm³/mol. The van der Waals surface area contributed by atoms with Gasteiger partial charge in [0.15, 0.2) is 0 Å². The summed E-state index contributed by atoms with van der Waals surface area (Å²) < 4.78 is 5.67. The Morgan fingerprint density at radius 3 is 1.55 bits per heavy atom. The van der Waals surface area contributed by atoms with Gasteiger partial charge in [0.1, 0.15) is 11.1 Å². The first-order chi connectivity index (χ1) is 19.9. The average Bonchev–Trinajstić information content (AvgIpc) is 2.94. The zero-order chi connectivity index (χ0) is 30.1. The number of nitrogens with zero attached hydrogens (tertiary/aromatic N) is 2. The molecule has 0 fully saturated rings. The number of esters is 1. The van der Waals surface area contributed by atoms with Crippen molar-refractivity contribution in [2.24, 2.45) is 0 Å². The summed E-state index contributed by atoms with van der Waals surface area (Å²) in [7, 11) is 0. The highest BCUT2D eigenvalue weighted by Crippen LogP contribution is 2.47. The molecule has 0 unspecified atom stereocenters. The number of aromatic carboxylic acids is 1. The summed E-state index contributed by atoms with van der Waals surface area (Å²) >= 11 is 0. The second-order valence-corrected chi connectivity index (χ2v) is 11.1. The topological polar surface area (TPSA) is 150 Å². The number of carbonyl (C=O) groups excluding carboxylic acids is 1. The number of nitro benzene ring substituents is 2. The number of carboxylic acid groups (broad SMARTS) is 1. The maximum Gasteiger partial charge on any atom is 0.344 e. The van der Waals surface area contributed by atoms with Gasteiger partial charge in [-0.25, -0.2) is 9.59 Å². The van der Waals surface area contributed by atoms with Crippen LogP contribution in [0.2, 0.25) is 0 Å².